The van der Waals surface area contributed by atoms with Crippen LogP contribution in [0.15, 0.2) is 48.7 Å². The number of rotatable bonds is 4. The number of nitrogens with one attached hydrogen (secondary N) is 1. The van der Waals surface area contributed by atoms with E-state index in [0.717, 1.165) is 30.5 Å². The zero-order valence-corrected chi connectivity index (χ0v) is 18.0. The molecule has 3 aliphatic rings. The highest BCUT2D eigenvalue weighted by Gasteiger charge is 2.58. The third kappa shape index (κ3) is 2.87. The maximum Gasteiger partial charge on any atom is 0.274 e. The molecule has 2 amide bonds. The summed E-state index contributed by atoms with van der Waals surface area (Å²) >= 11 is 0. The quantitative estimate of drug-likeness (QED) is 0.694. The Morgan fingerprint density at radius 2 is 1.97 bits per heavy atom. The number of carbonyl (C=O) groups is 2. The van der Waals surface area contributed by atoms with E-state index in [1.165, 1.54) is 11.1 Å². The van der Waals surface area contributed by atoms with Crippen molar-refractivity contribution in [3.8, 4) is 11.4 Å². The average Bonchev–Trinajstić information content (AvgIpc) is 3.41. The van der Waals surface area contributed by atoms with Gasteiger partial charge < -0.3 is 10.2 Å². The van der Waals surface area contributed by atoms with E-state index in [4.69, 9.17) is 0 Å². The second-order valence-corrected chi connectivity index (χ2v) is 9.08. The summed E-state index contributed by atoms with van der Waals surface area (Å²) in [5.41, 5.74) is 4.67. The van der Waals surface area contributed by atoms with Crippen LogP contribution in [0.3, 0.4) is 0 Å². The van der Waals surface area contributed by atoms with Gasteiger partial charge in [-0.2, -0.15) is 5.10 Å². The van der Waals surface area contributed by atoms with Gasteiger partial charge >= 0.3 is 0 Å². The smallest absolute Gasteiger partial charge is 0.274 e. The molecule has 1 saturated carbocycles. The number of pyridine rings is 1. The van der Waals surface area contributed by atoms with Crippen LogP contribution in [0.4, 0.5) is 0 Å². The molecule has 2 aromatic heterocycles. The van der Waals surface area contributed by atoms with Crippen LogP contribution in [-0.4, -0.2) is 37.0 Å². The molecule has 2 aliphatic carbocycles. The number of aromatic nitrogens is 3. The van der Waals surface area contributed by atoms with Gasteiger partial charge in [-0.15, -0.1) is 0 Å². The second-order valence-electron chi connectivity index (χ2n) is 9.08. The van der Waals surface area contributed by atoms with E-state index in [2.05, 4.69) is 33.6 Å². The molecule has 3 aromatic rings. The van der Waals surface area contributed by atoms with Crippen molar-refractivity contribution in [1.29, 1.82) is 0 Å². The minimum atomic E-state index is -0.753. The zero-order valence-electron chi connectivity index (χ0n) is 18.0. The number of aryl methyl sites for hydroxylation is 2. The third-order valence-corrected chi connectivity index (χ3v) is 7.18. The first-order valence-corrected chi connectivity index (χ1v) is 11.3. The molecule has 6 rings (SSSR count). The number of nitrogens with zero attached hydrogens (tertiary/aromatic N) is 4. The van der Waals surface area contributed by atoms with Crippen LogP contribution in [-0.2, 0) is 24.8 Å². The van der Waals surface area contributed by atoms with Gasteiger partial charge in [-0.25, -0.2) is 4.98 Å². The first-order valence-electron chi connectivity index (χ1n) is 11.3. The maximum absolute atomic E-state index is 13.5. The number of hydrogen-bond donors (Lipinski definition) is 1. The third-order valence-electron chi connectivity index (χ3n) is 7.18. The van der Waals surface area contributed by atoms with Crippen molar-refractivity contribution in [1.82, 2.24) is 25.0 Å². The molecule has 1 aromatic carbocycles. The summed E-state index contributed by atoms with van der Waals surface area (Å²) in [5, 5.41) is 7.47. The Morgan fingerprint density at radius 1 is 1.12 bits per heavy atom. The van der Waals surface area contributed by atoms with E-state index in [0.29, 0.717) is 30.8 Å². The fourth-order valence-corrected chi connectivity index (χ4v) is 5.22. The van der Waals surface area contributed by atoms with Crippen LogP contribution in [0.25, 0.3) is 11.4 Å². The molecule has 1 atom stereocenters. The van der Waals surface area contributed by atoms with Crippen molar-refractivity contribution < 1.29 is 9.59 Å². The second kappa shape index (κ2) is 7.02. The molecule has 7 nitrogen and oxygen atoms in total. The van der Waals surface area contributed by atoms with Crippen LogP contribution in [0, 0.1) is 0 Å². The molecule has 7 heteroatoms. The predicted molar refractivity (Wildman–Crippen MR) is 119 cm³/mol. The van der Waals surface area contributed by atoms with Gasteiger partial charge in [0.15, 0.2) is 0 Å². The predicted octanol–water partition coefficient (Wildman–Crippen LogP) is 3.16. The molecular formula is C25H25N5O2. The fourth-order valence-electron chi connectivity index (χ4n) is 5.22. The maximum atomic E-state index is 13.5. The van der Waals surface area contributed by atoms with Crippen LogP contribution in [0.2, 0.25) is 0 Å². The van der Waals surface area contributed by atoms with Gasteiger partial charge in [-0.3, -0.25) is 14.3 Å². The van der Waals surface area contributed by atoms with Crippen LogP contribution in [0.5, 0.6) is 0 Å². The highest BCUT2D eigenvalue weighted by molar-refractivity contribution is 6.02. The zero-order chi connectivity index (χ0) is 21.9. The normalized spacial score (nSPS) is 20.6. The van der Waals surface area contributed by atoms with Crippen molar-refractivity contribution in [2.75, 3.05) is 0 Å². The Morgan fingerprint density at radius 3 is 2.75 bits per heavy atom. The van der Waals surface area contributed by atoms with Crippen LogP contribution < -0.4 is 5.32 Å². The van der Waals surface area contributed by atoms with E-state index in [-0.39, 0.29) is 17.9 Å². The lowest BCUT2D eigenvalue weighted by Crippen LogP contribution is -2.50. The molecule has 0 radical (unpaired) electrons. The van der Waals surface area contributed by atoms with E-state index in [1.54, 1.807) is 15.8 Å². The van der Waals surface area contributed by atoms with Crippen molar-refractivity contribution in [2.24, 2.45) is 7.05 Å². The lowest BCUT2D eigenvalue weighted by Gasteiger charge is -2.31. The summed E-state index contributed by atoms with van der Waals surface area (Å²) in [5.74, 6) is -0.187. The molecule has 3 heterocycles. The molecule has 0 spiro atoms. The lowest BCUT2D eigenvalue weighted by molar-refractivity contribution is -0.128. The fraction of sp³-hybridized carbons (Fsp3) is 0.360. The van der Waals surface area contributed by atoms with E-state index < -0.39 is 5.54 Å². The lowest BCUT2D eigenvalue weighted by atomic mass is 9.87. The Bertz CT molecular complexity index is 1240. The minimum absolute atomic E-state index is 0.0135. The van der Waals surface area contributed by atoms with Crippen molar-refractivity contribution in [3.05, 3.63) is 71.0 Å². The molecule has 0 bridgehead atoms. The van der Waals surface area contributed by atoms with Gasteiger partial charge in [0.1, 0.15) is 11.2 Å². The summed E-state index contributed by atoms with van der Waals surface area (Å²) < 4.78 is 1.74. The summed E-state index contributed by atoms with van der Waals surface area (Å²) in [6.07, 6.45) is 6.15. The Labute approximate surface area is 186 Å². The largest absolute Gasteiger partial charge is 0.347 e. The summed E-state index contributed by atoms with van der Waals surface area (Å²) in [7, 11) is 1.85. The monoisotopic (exact) mass is 427 g/mol. The van der Waals surface area contributed by atoms with Gasteiger partial charge in [-0.05, 0) is 55.4 Å². The first-order chi connectivity index (χ1) is 15.6. The van der Waals surface area contributed by atoms with E-state index >= 15 is 0 Å². The molecule has 0 unspecified atom stereocenters. The Balaban J connectivity index is 1.25. The van der Waals surface area contributed by atoms with Gasteiger partial charge in [0, 0.05) is 25.4 Å². The van der Waals surface area contributed by atoms with Crippen LogP contribution in [0.1, 0.15) is 58.9 Å². The van der Waals surface area contributed by atoms with Gasteiger partial charge in [0.05, 0.1) is 17.4 Å². The minimum Gasteiger partial charge on any atom is -0.347 e. The van der Waals surface area contributed by atoms with Gasteiger partial charge in [-0.1, -0.05) is 30.3 Å². The molecular weight excluding hydrogens is 402 g/mol. The first kappa shape index (κ1) is 19.2. The molecule has 162 valence electrons. The Kier molecular flexibility index (Phi) is 4.22. The van der Waals surface area contributed by atoms with Crippen LogP contribution >= 0.6 is 0 Å². The molecule has 1 N–H and O–H groups in total. The number of carbonyl (C=O) groups excluding carboxylic acids is 2. The van der Waals surface area contributed by atoms with Crippen molar-refractivity contribution in [3.63, 3.8) is 0 Å². The molecule has 0 saturated heterocycles. The summed E-state index contributed by atoms with van der Waals surface area (Å²) in [6.45, 7) is 0.432. The van der Waals surface area contributed by atoms with Gasteiger partial charge in [0.25, 0.3) is 5.91 Å². The highest BCUT2D eigenvalue weighted by atomic mass is 16.2. The van der Waals surface area contributed by atoms with Gasteiger partial charge in [0.2, 0.25) is 5.91 Å². The van der Waals surface area contributed by atoms with Crippen molar-refractivity contribution >= 4 is 11.8 Å². The van der Waals surface area contributed by atoms with Crippen molar-refractivity contribution in [2.45, 2.75) is 50.2 Å². The molecule has 32 heavy (non-hydrogen) atoms. The SMILES string of the molecule is Cn1nccc1-c1ccc2c(n1)C(=O)N(C1(C(=O)N[C@@H]3CCCc4ccccc43)CC1)C2. The highest BCUT2D eigenvalue weighted by Crippen LogP contribution is 2.46. The standard InChI is InChI=1S/C25H25N5O2/c1-29-21(11-14-26-29)20-10-9-17-15-30(23(31)22(17)27-20)25(12-13-25)24(32)28-19-8-4-6-16-5-2-3-7-18(16)19/h2-3,5,7,9-11,14,19H,4,6,8,12-13,15H2,1H3,(H,28,32)/t19-/m1/s1. The number of fused-ring (bicyclic) bond motifs is 2. The summed E-state index contributed by atoms with van der Waals surface area (Å²) in [6, 6.07) is 14.1. The molecule has 1 fully saturated rings. The summed E-state index contributed by atoms with van der Waals surface area (Å²) in [4.78, 5) is 33.2. The van der Waals surface area contributed by atoms with E-state index in [9.17, 15) is 9.59 Å². The Hall–Kier alpha value is -3.48. The molecule has 1 aliphatic heterocycles. The van der Waals surface area contributed by atoms with E-state index in [1.807, 2.05) is 31.3 Å². The number of hydrogen-bond acceptors (Lipinski definition) is 4. The average molecular weight is 428 g/mol. The number of amides is 2. The topological polar surface area (TPSA) is 80.1 Å². The number of benzene rings is 1.